The van der Waals surface area contributed by atoms with Gasteiger partial charge in [0.1, 0.15) is 11.4 Å². The first-order valence-electron chi connectivity index (χ1n) is 6.10. The van der Waals surface area contributed by atoms with E-state index >= 15 is 0 Å². The molecule has 0 aromatic carbocycles. The Balaban J connectivity index is 2.21. The van der Waals surface area contributed by atoms with Crippen LogP contribution in [-0.2, 0) is 10.3 Å². The van der Waals surface area contributed by atoms with Gasteiger partial charge in [-0.2, -0.15) is 0 Å². The fourth-order valence-electron chi connectivity index (χ4n) is 2.23. The molecule has 2 unspecified atom stereocenters. The van der Waals surface area contributed by atoms with Gasteiger partial charge in [-0.1, -0.05) is 13.8 Å². The summed E-state index contributed by atoms with van der Waals surface area (Å²) in [6.45, 7) is 4.50. The fourth-order valence-corrected chi connectivity index (χ4v) is 2.23. The van der Waals surface area contributed by atoms with Gasteiger partial charge in [0.15, 0.2) is 0 Å². The van der Waals surface area contributed by atoms with Gasteiger partial charge >= 0.3 is 5.97 Å². The number of hydrogen-bond donors (Lipinski definition) is 2. The SMILES string of the molecule is CC(C)C1CC(O)(c2ccc(C(=O)O)o2)CCO1. The molecular formula is C13H18O5. The molecule has 0 aliphatic carbocycles. The van der Waals surface area contributed by atoms with Crippen molar-refractivity contribution in [3.05, 3.63) is 23.7 Å². The summed E-state index contributed by atoms with van der Waals surface area (Å²) < 4.78 is 10.8. The second-order valence-corrected chi connectivity index (χ2v) is 5.11. The number of furan rings is 1. The summed E-state index contributed by atoms with van der Waals surface area (Å²) in [5, 5.41) is 19.4. The number of ether oxygens (including phenoxy) is 1. The molecule has 18 heavy (non-hydrogen) atoms. The largest absolute Gasteiger partial charge is 0.475 e. The van der Waals surface area contributed by atoms with Gasteiger partial charge in [0, 0.05) is 12.8 Å². The van der Waals surface area contributed by atoms with Crippen LogP contribution in [0.3, 0.4) is 0 Å². The lowest BCUT2D eigenvalue weighted by atomic mass is 9.84. The van der Waals surface area contributed by atoms with Gasteiger partial charge in [-0.15, -0.1) is 0 Å². The van der Waals surface area contributed by atoms with Gasteiger partial charge < -0.3 is 19.4 Å². The van der Waals surface area contributed by atoms with Crippen molar-refractivity contribution in [2.45, 2.75) is 38.4 Å². The van der Waals surface area contributed by atoms with Crippen LogP contribution < -0.4 is 0 Å². The molecule has 0 radical (unpaired) electrons. The second-order valence-electron chi connectivity index (χ2n) is 5.11. The van der Waals surface area contributed by atoms with E-state index in [1.54, 1.807) is 0 Å². The molecule has 5 nitrogen and oxygen atoms in total. The predicted octanol–water partition coefficient (Wildman–Crippen LogP) is 2.00. The highest BCUT2D eigenvalue weighted by Crippen LogP contribution is 2.37. The topological polar surface area (TPSA) is 79.9 Å². The van der Waals surface area contributed by atoms with E-state index in [1.165, 1.54) is 12.1 Å². The van der Waals surface area contributed by atoms with E-state index in [1.807, 2.05) is 13.8 Å². The molecule has 0 amide bonds. The zero-order chi connectivity index (χ0) is 13.3. The molecule has 2 heterocycles. The number of carboxylic acid groups (broad SMARTS) is 1. The van der Waals surface area contributed by atoms with E-state index in [2.05, 4.69) is 0 Å². The first-order valence-corrected chi connectivity index (χ1v) is 6.10. The Morgan fingerprint density at radius 2 is 2.22 bits per heavy atom. The summed E-state index contributed by atoms with van der Waals surface area (Å²) in [7, 11) is 0. The maximum absolute atomic E-state index is 10.8. The van der Waals surface area contributed by atoms with E-state index in [0.29, 0.717) is 31.1 Å². The molecule has 5 heteroatoms. The highest BCUT2D eigenvalue weighted by Gasteiger charge is 2.40. The van der Waals surface area contributed by atoms with Crippen LogP contribution in [0.15, 0.2) is 16.5 Å². The molecule has 2 atom stereocenters. The standard InChI is InChI=1S/C13H18O5/c1-8(2)10-7-13(16,5-6-17-10)11-4-3-9(18-11)12(14)15/h3-4,8,10,16H,5-7H2,1-2H3,(H,14,15). The number of carbonyl (C=O) groups is 1. The van der Waals surface area contributed by atoms with Crippen LogP contribution in [0.2, 0.25) is 0 Å². The number of carboxylic acids is 1. The molecule has 1 aromatic heterocycles. The minimum absolute atomic E-state index is 0.0397. The summed E-state index contributed by atoms with van der Waals surface area (Å²) in [6, 6.07) is 2.90. The van der Waals surface area contributed by atoms with E-state index in [9.17, 15) is 9.90 Å². The molecule has 2 rings (SSSR count). The fraction of sp³-hybridized carbons (Fsp3) is 0.615. The van der Waals surface area contributed by atoms with Crippen molar-refractivity contribution in [3.63, 3.8) is 0 Å². The third kappa shape index (κ3) is 2.42. The molecule has 2 N–H and O–H groups in total. The highest BCUT2D eigenvalue weighted by molar-refractivity contribution is 5.84. The summed E-state index contributed by atoms with van der Waals surface area (Å²) in [4.78, 5) is 10.8. The number of aromatic carboxylic acids is 1. The Morgan fingerprint density at radius 1 is 1.50 bits per heavy atom. The highest BCUT2D eigenvalue weighted by atomic mass is 16.5. The summed E-state index contributed by atoms with van der Waals surface area (Å²) >= 11 is 0. The predicted molar refractivity (Wildman–Crippen MR) is 63.4 cm³/mol. The van der Waals surface area contributed by atoms with Crippen LogP contribution in [-0.4, -0.2) is 28.9 Å². The maximum atomic E-state index is 10.8. The van der Waals surface area contributed by atoms with E-state index in [-0.39, 0.29) is 11.9 Å². The number of aliphatic hydroxyl groups is 1. The van der Waals surface area contributed by atoms with Crippen LogP contribution in [0.4, 0.5) is 0 Å². The van der Waals surface area contributed by atoms with Crippen molar-refractivity contribution in [1.82, 2.24) is 0 Å². The van der Waals surface area contributed by atoms with Gasteiger partial charge in [0.25, 0.3) is 0 Å². The summed E-state index contributed by atoms with van der Waals surface area (Å²) in [5.41, 5.74) is -1.12. The van der Waals surface area contributed by atoms with E-state index < -0.39 is 11.6 Å². The molecule has 0 spiro atoms. The number of hydrogen-bond acceptors (Lipinski definition) is 4. The minimum atomic E-state index is -1.13. The molecule has 100 valence electrons. The van der Waals surface area contributed by atoms with Crippen LogP contribution in [0, 0.1) is 5.92 Å². The Bertz CT molecular complexity index is 436. The van der Waals surface area contributed by atoms with Crippen molar-refractivity contribution in [3.8, 4) is 0 Å². The molecule has 1 aromatic rings. The maximum Gasteiger partial charge on any atom is 0.371 e. The quantitative estimate of drug-likeness (QED) is 0.862. The molecular weight excluding hydrogens is 236 g/mol. The molecule has 1 fully saturated rings. The van der Waals surface area contributed by atoms with Crippen molar-refractivity contribution in [1.29, 1.82) is 0 Å². The van der Waals surface area contributed by atoms with Crippen molar-refractivity contribution >= 4 is 5.97 Å². The van der Waals surface area contributed by atoms with Crippen molar-refractivity contribution < 1.29 is 24.2 Å². The molecule has 1 saturated heterocycles. The van der Waals surface area contributed by atoms with Crippen LogP contribution in [0.25, 0.3) is 0 Å². The molecule has 0 saturated carbocycles. The smallest absolute Gasteiger partial charge is 0.371 e. The molecule has 0 bridgehead atoms. The van der Waals surface area contributed by atoms with Crippen LogP contribution in [0.5, 0.6) is 0 Å². The lowest BCUT2D eigenvalue weighted by molar-refractivity contribution is -0.129. The van der Waals surface area contributed by atoms with E-state index in [4.69, 9.17) is 14.3 Å². The van der Waals surface area contributed by atoms with Gasteiger partial charge in [-0.05, 0) is 18.1 Å². The van der Waals surface area contributed by atoms with Crippen LogP contribution >= 0.6 is 0 Å². The van der Waals surface area contributed by atoms with Gasteiger partial charge in [0.2, 0.25) is 5.76 Å². The Kier molecular flexibility index (Phi) is 3.45. The monoisotopic (exact) mass is 254 g/mol. The van der Waals surface area contributed by atoms with Gasteiger partial charge in [0.05, 0.1) is 12.7 Å². The second kappa shape index (κ2) is 4.74. The molecule has 1 aliphatic rings. The summed E-state index contributed by atoms with van der Waals surface area (Å²) in [6.07, 6.45) is 0.808. The zero-order valence-corrected chi connectivity index (χ0v) is 10.5. The Morgan fingerprint density at radius 3 is 2.78 bits per heavy atom. The average molecular weight is 254 g/mol. The molecule has 1 aliphatic heterocycles. The third-order valence-electron chi connectivity index (χ3n) is 3.41. The van der Waals surface area contributed by atoms with Crippen molar-refractivity contribution in [2.75, 3.05) is 6.61 Å². The third-order valence-corrected chi connectivity index (χ3v) is 3.41. The lowest BCUT2D eigenvalue weighted by Gasteiger charge is -2.37. The first kappa shape index (κ1) is 13.1. The zero-order valence-electron chi connectivity index (χ0n) is 10.5. The van der Waals surface area contributed by atoms with Crippen LogP contribution in [0.1, 0.15) is 43.0 Å². The normalized spacial score (nSPS) is 28.6. The van der Waals surface area contributed by atoms with Crippen molar-refractivity contribution in [2.24, 2.45) is 5.92 Å². The Hall–Kier alpha value is -1.33. The Labute approximate surface area is 105 Å². The minimum Gasteiger partial charge on any atom is -0.475 e. The van der Waals surface area contributed by atoms with Gasteiger partial charge in [-0.3, -0.25) is 0 Å². The number of rotatable bonds is 3. The first-order chi connectivity index (χ1) is 8.42. The van der Waals surface area contributed by atoms with E-state index in [0.717, 1.165) is 0 Å². The summed E-state index contributed by atoms with van der Waals surface area (Å²) in [5.74, 6) is -0.664. The lowest BCUT2D eigenvalue weighted by Crippen LogP contribution is -2.40. The van der Waals surface area contributed by atoms with Gasteiger partial charge in [-0.25, -0.2) is 4.79 Å². The average Bonchev–Trinajstić information content (AvgIpc) is 2.79.